The van der Waals surface area contributed by atoms with Crippen molar-refractivity contribution in [2.45, 2.75) is 0 Å². The van der Waals surface area contributed by atoms with Crippen molar-refractivity contribution in [1.82, 2.24) is 13.7 Å². The second kappa shape index (κ2) is 5.61. The number of carbonyl (C=O) groups is 1. The van der Waals surface area contributed by atoms with Gasteiger partial charge in [-0.1, -0.05) is 29.8 Å². The molecule has 0 unspecified atom stereocenters. The number of aldehydes is 1. The van der Waals surface area contributed by atoms with E-state index in [2.05, 4.69) is 0 Å². The summed E-state index contributed by atoms with van der Waals surface area (Å²) >= 11 is 6.13. The molecule has 24 heavy (non-hydrogen) atoms. The van der Waals surface area contributed by atoms with Gasteiger partial charge in [-0.2, -0.15) is 0 Å². The molecule has 2 aromatic heterocycles. The van der Waals surface area contributed by atoms with Crippen molar-refractivity contribution in [3.05, 3.63) is 72.1 Å². The third-order valence-corrected chi connectivity index (χ3v) is 4.26. The van der Waals surface area contributed by atoms with Crippen LogP contribution in [-0.4, -0.2) is 20.0 Å². The van der Waals surface area contributed by atoms with Crippen molar-refractivity contribution in [2.75, 3.05) is 0 Å². The van der Waals surface area contributed by atoms with Gasteiger partial charge in [0, 0.05) is 14.1 Å². The molecule has 0 bridgehead atoms. The fraction of sp³-hybridized carbons (Fsp3) is 0.125. The maximum absolute atomic E-state index is 12.7. The molecule has 7 nitrogen and oxygen atoms in total. The highest BCUT2D eigenvalue weighted by Gasteiger charge is 2.22. The molecule has 0 N–H and O–H groups in total. The fourth-order valence-corrected chi connectivity index (χ4v) is 2.94. The molecule has 0 aliphatic rings. The highest BCUT2D eigenvalue weighted by molar-refractivity contribution is 6.37. The molecule has 0 atom stereocenters. The van der Waals surface area contributed by atoms with Crippen molar-refractivity contribution in [2.24, 2.45) is 14.1 Å². The molecule has 3 aromatic rings. The van der Waals surface area contributed by atoms with Crippen LogP contribution in [0.4, 0.5) is 0 Å². The summed E-state index contributed by atoms with van der Waals surface area (Å²) in [5.74, 6) is 0. The van der Waals surface area contributed by atoms with Gasteiger partial charge in [0.25, 0.3) is 11.1 Å². The van der Waals surface area contributed by atoms with E-state index in [9.17, 15) is 19.2 Å². The van der Waals surface area contributed by atoms with Crippen molar-refractivity contribution in [1.29, 1.82) is 0 Å². The smallest absolute Gasteiger partial charge is 0.298 e. The van der Waals surface area contributed by atoms with Crippen molar-refractivity contribution in [3.8, 4) is 5.69 Å². The van der Waals surface area contributed by atoms with Crippen LogP contribution in [0.3, 0.4) is 0 Å². The SMILES string of the molecule is Cn1c(=O)c2c(Cl)c(C=O)c(=O)n(-c3ccccc3)c2n(C)c1=O. The summed E-state index contributed by atoms with van der Waals surface area (Å²) < 4.78 is 3.18. The normalized spacial score (nSPS) is 11.0. The van der Waals surface area contributed by atoms with Gasteiger partial charge in [0.2, 0.25) is 0 Å². The number of rotatable bonds is 2. The van der Waals surface area contributed by atoms with Crippen LogP contribution in [0.1, 0.15) is 10.4 Å². The lowest BCUT2D eigenvalue weighted by molar-refractivity contribution is 0.112. The van der Waals surface area contributed by atoms with Gasteiger partial charge < -0.3 is 0 Å². The van der Waals surface area contributed by atoms with E-state index in [1.807, 2.05) is 0 Å². The minimum absolute atomic E-state index is 0.0369. The second-order valence-electron chi connectivity index (χ2n) is 5.23. The lowest BCUT2D eigenvalue weighted by Crippen LogP contribution is -2.40. The highest BCUT2D eigenvalue weighted by Crippen LogP contribution is 2.22. The summed E-state index contributed by atoms with van der Waals surface area (Å²) in [6.07, 6.45) is 0.314. The van der Waals surface area contributed by atoms with Crippen LogP contribution in [0.25, 0.3) is 16.7 Å². The summed E-state index contributed by atoms with van der Waals surface area (Å²) in [7, 11) is 2.74. The first-order chi connectivity index (χ1) is 11.4. The average Bonchev–Trinajstić information content (AvgIpc) is 2.59. The molecule has 0 saturated carbocycles. The zero-order valence-electron chi connectivity index (χ0n) is 12.8. The number of halogens is 1. The number of nitrogens with zero attached hydrogens (tertiary/aromatic N) is 3. The lowest BCUT2D eigenvalue weighted by atomic mass is 10.2. The molecule has 0 aliphatic heterocycles. The largest absolute Gasteiger partial charge is 0.332 e. The van der Waals surface area contributed by atoms with Gasteiger partial charge in [0.1, 0.15) is 11.0 Å². The molecular weight excluding hydrogens is 334 g/mol. The van der Waals surface area contributed by atoms with E-state index in [1.54, 1.807) is 30.3 Å². The number of para-hydroxylation sites is 1. The van der Waals surface area contributed by atoms with Crippen molar-refractivity contribution < 1.29 is 4.79 Å². The monoisotopic (exact) mass is 345 g/mol. The van der Waals surface area contributed by atoms with Crippen LogP contribution in [0.5, 0.6) is 0 Å². The van der Waals surface area contributed by atoms with Crippen LogP contribution < -0.4 is 16.8 Å². The van der Waals surface area contributed by atoms with Crippen LogP contribution in [0.15, 0.2) is 44.7 Å². The summed E-state index contributed by atoms with van der Waals surface area (Å²) in [4.78, 5) is 48.8. The molecule has 1 aromatic carbocycles. The molecule has 0 saturated heterocycles. The lowest BCUT2D eigenvalue weighted by Gasteiger charge is -2.16. The minimum atomic E-state index is -0.697. The van der Waals surface area contributed by atoms with E-state index in [-0.39, 0.29) is 21.6 Å². The molecule has 8 heteroatoms. The first-order valence-corrected chi connectivity index (χ1v) is 7.32. The van der Waals surface area contributed by atoms with Gasteiger partial charge in [-0.25, -0.2) is 4.79 Å². The molecule has 0 fully saturated rings. The van der Waals surface area contributed by atoms with Crippen LogP contribution in [0.2, 0.25) is 5.02 Å². The Bertz CT molecular complexity index is 1160. The Kier molecular flexibility index (Phi) is 3.73. The highest BCUT2D eigenvalue weighted by atomic mass is 35.5. The number of pyridine rings is 1. The predicted octanol–water partition coefficient (Wildman–Crippen LogP) is 0.854. The minimum Gasteiger partial charge on any atom is -0.298 e. The van der Waals surface area contributed by atoms with Crippen molar-refractivity contribution >= 4 is 28.9 Å². The zero-order valence-corrected chi connectivity index (χ0v) is 13.6. The van der Waals surface area contributed by atoms with E-state index in [4.69, 9.17) is 11.6 Å². The molecule has 0 radical (unpaired) electrons. The number of carbonyl (C=O) groups excluding carboxylic acids is 1. The first-order valence-electron chi connectivity index (χ1n) is 6.95. The Morgan fingerprint density at radius 2 is 1.58 bits per heavy atom. The molecular formula is C16H12ClN3O4. The van der Waals surface area contributed by atoms with E-state index in [0.29, 0.717) is 12.0 Å². The van der Waals surface area contributed by atoms with E-state index >= 15 is 0 Å². The summed E-state index contributed by atoms with van der Waals surface area (Å²) in [6.45, 7) is 0. The number of fused-ring (bicyclic) bond motifs is 1. The number of aromatic nitrogens is 3. The Morgan fingerprint density at radius 3 is 2.17 bits per heavy atom. The molecule has 0 aliphatic carbocycles. The van der Waals surface area contributed by atoms with E-state index in [0.717, 1.165) is 13.7 Å². The number of aryl methyl sites for hydroxylation is 1. The summed E-state index contributed by atoms with van der Waals surface area (Å²) in [6, 6.07) is 8.41. The predicted molar refractivity (Wildman–Crippen MR) is 90.4 cm³/mol. The number of hydrogen-bond acceptors (Lipinski definition) is 4. The van der Waals surface area contributed by atoms with E-state index < -0.39 is 16.8 Å². The summed E-state index contributed by atoms with van der Waals surface area (Å²) in [5.41, 5.74) is -1.86. The topological polar surface area (TPSA) is 83.1 Å². The van der Waals surface area contributed by atoms with Gasteiger partial charge in [-0.05, 0) is 12.1 Å². The Labute approximate surface area is 140 Å². The van der Waals surface area contributed by atoms with Gasteiger partial charge in [0.15, 0.2) is 6.29 Å². The Hall–Kier alpha value is -2.93. The maximum Gasteiger partial charge on any atom is 0.332 e. The number of hydrogen-bond donors (Lipinski definition) is 0. The van der Waals surface area contributed by atoms with E-state index in [1.165, 1.54) is 14.1 Å². The Morgan fingerprint density at radius 1 is 0.958 bits per heavy atom. The van der Waals surface area contributed by atoms with Crippen LogP contribution in [0, 0.1) is 0 Å². The third-order valence-electron chi connectivity index (χ3n) is 3.87. The third kappa shape index (κ3) is 2.05. The van der Waals surface area contributed by atoms with Gasteiger partial charge in [-0.3, -0.25) is 28.1 Å². The quantitative estimate of drug-likeness (QED) is 0.645. The van der Waals surface area contributed by atoms with Gasteiger partial charge in [0.05, 0.1) is 16.3 Å². The average molecular weight is 346 g/mol. The fourth-order valence-electron chi connectivity index (χ4n) is 2.65. The molecule has 2 heterocycles. The van der Waals surface area contributed by atoms with Gasteiger partial charge in [-0.15, -0.1) is 0 Å². The van der Waals surface area contributed by atoms with Crippen LogP contribution in [-0.2, 0) is 14.1 Å². The molecule has 0 spiro atoms. The Balaban J connectivity index is 2.77. The maximum atomic E-state index is 12.7. The molecule has 3 rings (SSSR count). The van der Waals surface area contributed by atoms with Gasteiger partial charge >= 0.3 is 5.69 Å². The zero-order chi connectivity index (χ0) is 17.6. The molecule has 0 amide bonds. The molecule has 122 valence electrons. The van der Waals surface area contributed by atoms with Crippen molar-refractivity contribution in [3.63, 3.8) is 0 Å². The van der Waals surface area contributed by atoms with Crippen LogP contribution >= 0.6 is 11.6 Å². The summed E-state index contributed by atoms with van der Waals surface area (Å²) in [5, 5.41) is -0.319. The first kappa shape index (κ1) is 15.9. The standard InChI is InChI=1S/C16H12ClN3O4/c1-18-13-11(15(23)19(2)16(18)24)12(17)10(8-21)14(22)20(13)9-6-4-3-5-7-9/h3-8H,1-2H3. The number of benzene rings is 1. The second-order valence-corrected chi connectivity index (χ2v) is 5.60.